The summed E-state index contributed by atoms with van der Waals surface area (Å²) in [6.45, 7) is 47.4. The highest BCUT2D eigenvalue weighted by Crippen LogP contribution is 2.55. The van der Waals surface area contributed by atoms with E-state index < -0.39 is 0 Å². The molecule has 0 atom stereocenters. The van der Waals surface area contributed by atoms with Gasteiger partial charge in [-0.3, -0.25) is 9.55 Å². The zero-order valence-corrected chi connectivity index (χ0v) is 51.1. The maximum absolute atomic E-state index is 6.95. The fraction of sp³-hybridized carbons (Fsp3) is 0.370. The second-order valence-corrected chi connectivity index (χ2v) is 28.7. The molecule has 4 heterocycles. The van der Waals surface area contributed by atoms with Gasteiger partial charge in [-0.15, -0.1) is 0 Å². The molecule has 1 aliphatic heterocycles. The molecule has 0 unspecified atom stereocenters. The summed E-state index contributed by atoms with van der Waals surface area (Å²) in [7, 11) is 0. The lowest BCUT2D eigenvalue weighted by atomic mass is 9.72. The Morgan fingerprint density at radius 1 is 0.430 bits per heavy atom. The molecule has 408 valence electrons. The van der Waals surface area contributed by atoms with E-state index in [1.54, 1.807) is 0 Å². The highest BCUT2D eigenvalue weighted by atomic mass is 16.5. The molecule has 0 radical (unpaired) electrons. The lowest BCUT2D eigenvalue weighted by Gasteiger charge is -2.35. The predicted molar refractivity (Wildman–Crippen MR) is 337 cm³/mol. The third-order valence-electron chi connectivity index (χ3n) is 16.3. The Morgan fingerprint density at radius 3 is 1.54 bits per heavy atom. The van der Waals surface area contributed by atoms with Gasteiger partial charge in [0.15, 0.2) is 0 Å². The van der Waals surface area contributed by atoms with Gasteiger partial charge in [0.1, 0.15) is 24.0 Å². The normalized spacial score (nSPS) is 13.7. The Bertz CT molecular complexity index is 3730. The van der Waals surface area contributed by atoms with Gasteiger partial charge in [0.25, 0.3) is 0 Å². The first-order valence-corrected chi connectivity index (χ1v) is 28.6. The number of hydrogen-bond donors (Lipinski definition) is 0. The summed E-state index contributed by atoms with van der Waals surface area (Å²) in [5.41, 5.74) is 21.6. The van der Waals surface area contributed by atoms with Gasteiger partial charge in [0, 0.05) is 52.1 Å². The Balaban J connectivity index is 1.17. The molecule has 0 N–H and O–H groups in total. The quantitative estimate of drug-likeness (QED) is 0.159. The third kappa shape index (κ3) is 10.4. The number of hydrogen-bond acceptors (Lipinski definition) is 5. The summed E-state index contributed by atoms with van der Waals surface area (Å²) >= 11 is 0. The van der Waals surface area contributed by atoms with Gasteiger partial charge in [-0.1, -0.05) is 173 Å². The van der Waals surface area contributed by atoms with Crippen molar-refractivity contribution in [1.29, 1.82) is 0 Å². The van der Waals surface area contributed by atoms with E-state index in [0.29, 0.717) is 6.67 Å². The number of nitrogens with zero attached hydrogens (tertiary/aromatic N) is 5. The van der Waals surface area contributed by atoms with E-state index in [-0.39, 0.29) is 32.5 Å². The van der Waals surface area contributed by atoms with Crippen molar-refractivity contribution >= 4 is 44.6 Å². The van der Waals surface area contributed by atoms with Crippen molar-refractivity contribution < 1.29 is 4.74 Å². The van der Waals surface area contributed by atoms with E-state index in [1.165, 1.54) is 77.8 Å². The number of anilines is 4. The van der Waals surface area contributed by atoms with Crippen LogP contribution in [0.4, 0.5) is 22.7 Å². The Kier molecular flexibility index (Phi) is 13.5. The lowest BCUT2D eigenvalue weighted by Crippen LogP contribution is -2.26. The molecule has 6 nitrogen and oxygen atoms in total. The molecule has 6 aromatic carbocycles. The van der Waals surface area contributed by atoms with Crippen molar-refractivity contribution in [3.63, 3.8) is 0 Å². The first kappa shape index (κ1) is 55.1. The number of aromatic nitrogens is 3. The van der Waals surface area contributed by atoms with E-state index in [2.05, 4.69) is 280 Å². The molecule has 0 amide bonds. The van der Waals surface area contributed by atoms with Gasteiger partial charge in [-0.05, 0) is 163 Å². The molecule has 0 aliphatic carbocycles. The van der Waals surface area contributed by atoms with Crippen LogP contribution in [-0.2, 0) is 32.5 Å². The molecule has 6 heteroatoms. The first-order chi connectivity index (χ1) is 36.8. The molecular weight excluding hydrogens is 963 g/mol. The van der Waals surface area contributed by atoms with E-state index in [9.17, 15) is 0 Å². The van der Waals surface area contributed by atoms with Crippen LogP contribution in [0.2, 0.25) is 0 Å². The molecule has 10 rings (SSSR count). The van der Waals surface area contributed by atoms with E-state index >= 15 is 0 Å². The largest absolute Gasteiger partial charge is 0.457 e. The van der Waals surface area contributed by atoms with Crippen LogP contribution in [0.15, 0.2) is 140 Å². The molecule has 3 aromatic heterocycles. The second-order valence-electron chi connectivity index (χ2n) is 28.7. The van der Waals surface area contributed by atoms with Crippen LogP contribution >= 0.6 is 0 Å². The Hall–Kier alpha value is -7.18. The van der Waals surface area contributed by atoms with Crippen LogP contribution in [0.3, 0.4) is 0 Å². The molecule has 0 bridgehead atoms. The maximum Gasteiger partial charge on any atom is 0.137 e. The molecule has 9 aromatic rings. The van der Waals surface area contributed by atoms with Crippen molar-refractivity contribution in [2.75, 3.05) is 16.5 Å². The molecular formula is C73H85N5O. The predicted octanol–water partition coefficient (Wildman–Crippen LogP) is 20.3. The molecule has 0 saturated carbocycles. The van der Waals surface area contributed by atoms with Gasteiger partial charge in [-0.25, -0.2) is 4.98 Å². The number of pyridine rings is 2. The van der Waals surface area contributed by atoms with Crippen LogP contribution in [-0.4, -0.2) is 21.2 Å². The summed E-state index contributed by atoms with van der Waals surface area (Å²) in [6, 6.07) is 45.1. The van der Waals surface area contributed by atoms with Crippen LogP contribution < -0.4 is 14.5 Å². The fourth-order valence-electron chi connectivity index (χ4n) is 11.7. The number of para-hydroxylation sites is 1. The fourth-order valence-corrected chi connectivity index (χ4v) is 11.7. The highest BCUT2D eigenvalue weighted by Gasteiger charge is 2.37. The minimum atomic E-state index is -0.163. The summed E-state index contributed by atoms with van der Waals surface area (Å²) in [6.07, 6.45) is 5.93. The van der Waals surface area contributed by atoms with Crippen LogP contribution in [0.1, 0.15) is 169 Å². The zero-order chi connectivity index (χ0) is 57.1. The molecule has 0 fully saturated rings. The topological polar surface area (TPSA) is 46.4 Å². The Labute approximate surface area is 472 Å². The van der Waals surface area contributed by atoms with Gasteiger partial charge in [-0.2, -0.15) is 0 Å². The number of aryl methyl sites for hydroxylation is 2. The van der Waals surface area contributed by atoms with Gasteiger partial charge >= 0.3 is 0 Å². The smallest absolute Gasteiger partial charge is 0.137 e. The maximum atomic E-state index is 6.95. The van der Waals surface area contributed by atoms with Crippen LogP contribution in [0.25, 0.3) is 49.9 Å². The molecule has 79 heavy (non-hydrogen) atoms. The van der Waals surface area contributed by atoms with Crippen molar-refractivity contribution in [3.05, 3.63) is 184 Å². The summed E-state index contributed by atoms with van der Waals surface area (Å²) in [5.74, 6) is 2.40. The van der Waals surface area contributed by atoms with Gasteiger partial charge in [0.2, 0.25) is 0 Å². The first-order valence-electron chi connectivity index (χ1n) is 28.6. The minimum Gasteiger partial charge on any atom is -0.457 e. The van der Waals surface area contributed by atoms with Crippen LogP contribution in [0.5, 0.6) is 11.5 Å². The number of benzene rings is 6. The summed E-state index contributed by atoms with van der Waals surface area (Å²) in [4.78, 5) is 14.8. The molecule has 0 saturated heterocycles. The average Bonchev–Trinajstić information content (AvgIpc) is 4.15. The third-order valence-corrected chi connectivity index (χ3v) is 16.3. The van der Waals surface area contributed by atoms with E-state index in [0.717, 1.165) is 50.8 Å². The SMILES string of the molecule is Cc1cc(C(C)(C)C)cc(C(C)(C)C)c1-c1cc(C(C)(C)C)cc(-c2c(C)cc(C(C)(C)C)cc2C(C)(C)C)c1N1CN(c2cccc(Oc3ccc4c5ccccc5n(-c5cc(C(C)(C)C)ccn5)c4c3)c2)c2ccncc21. The Morgan fingerprint density at radius 2 is 0.975 bits per heavy atom. The zero-order valence-electron chi connectivity index (χ0n) is 51.1. The highest BCUT2D eigenvalue weighted by molar-refractivity contribution is 6.09. The number of rotatable bonds is 7. The average molecular weight is 1050 g/mol. The van der Waals surface area contributed by atoms with E-state index in [4.69, 9.17) is 14.7 Å². The van der Waals surface area contributed by atoms with Crippen molar-refractivity contribution in [1.82, 2.24) is 14.5 Å². The monoisotopic (exact) mass is 1050 g/mol. The lowest BCUT2D eigenvalue weighted by molar-refractivity contribution is 0.483. The number of ether oxygens (including phenoxy) is 1. The van der Waals surface area contributed by atoms with Crippen molar-refractivity contribution in [3.8, 4) is 39.6 Å². The standard InChI is InChI=1S/C73H85N5O/c1-45-34-48(69(6,7)8)38-58(72(15,16)17)65(45)56-36-50(71(12,13)14)37-57(66-46(2)35-49(70(9,10)11)39-59(66)73(18,19)20)67(56)77-44-76(61-31-32-74-43-63(61)77)51-24-23-25-52(41-51)79-53-28-29-55-54-26-21-22-27-60(54)78(62(55)42-53)64-40-47(30-33-75-64)68(3,4)5/h21-43H,44H2,1-20H3. The summed E-state index contributed by atoms with van der Waals surface area (Å²) in [5, 5.41) is 2.33. The van der Waals surface area contributed by atoms with Crippen LogP contribution in [0, 0.1) is 13.8 Å². The van der Waals surface area contributed by atoms with Crippen molar-refractivity contribution in [2.24, 2.45) is 0 Å². The van der Waals surface area contributed by atoms with E-state index in [1.807, 2.05) is 12.4 Å². The van der Waals surface area contributed by atoms with Gasteiger partial charge < -0.3 is 14.5 Å². The van der Waals surface area contributed by atoms with Gasteiger partial charge in [0.05, 0.1) is 34.3 Å². The molecule has 1 aliphatic rings. The van der Waals surface area contributed by atoms with Crippen molar-refractivity contribution in [2.45, 2.75) is 171 Å². The molecule has 0 spiro atoms. The minimum absolute atomic E-state index is 0.0268. The summed E-state index contributed by atoms with van der Waals surface area (Å²) < 4.78 is 9.22. The second kappa shape index (κ2) is 19.3. The number of fused-ring (bicyclic) bond motifs is 4.